The van der Waals surface area contributed by atoms with E-state index in [1.54, 1.807) is 7.05 Å². The van der Waals surface area contributed by atoms with Crippen LogP contribution in [0.1, 0.15) is 17.5 Å². The molecule has 3 aliphatic rings. The van der Waals surface area contributed by atoms with Crippen LogP contribution in [0.25, 0.3) is 0 Å². The van der Waals surface area contributed by atoms with Gasteiger partial charge in [0.1, 0.15) is 6.54 Å². The van der Waals surface area contributed by atoms with Gasteiger partial charge < -0.3 is 5.11 Å². The number of likely N-dealkylation sites (N-methyl/N-ethyl adjacent to an activating group) is 2. The summed E-state index contributed by atoms with van der Waals surface area (Å²) in [5, 5.41) is 9.31. The molecule has 1 atom stereocenters. The SMILES string of the molecule is CN1C(=O)C2C(=NC(CN3CCc4ccccc4C3)=[N+]2CCCO)N(C)C1=O. The van der Waals surface area contributed by atoms with Crippen molar-refractivity contribution < 1.29 is 19.3 Å². The predicted molar refractivity (Wildman–Crippen MR) is 104 cm³/mol. The van der Waals surface area contributed by atoms with Crippen LogP contribution in [0.2, 0.25) is 0 Å². The highest BCUT2D eigenvalue weighted by atomic mass is 16.3. The number of rotatable bonds is 5. The molecular weight excluding hydrogens is 358 g/mol. The molecule has 0 radical (unpaired) electrons. The van der Waals surface area contributed by atoms with E-state index < -0.39 is 6.04 Å². The first-order chi connectivity index (χ1) is 13.5. The molecule has 1 N–H and O–H groups in total. The van der Waals surface area contributed by atoms with E-state index in [1.807, 2.05) is 4.58 Å². The highest BCUT2D eigenvalue weighted by Gasteiger charge is 2.52. The molecule has 0 aromatic heterocycles. The molecule has 148 valence electrons. The third-order valence-electron chi connectivity index (χ3n) is 5.75. The summed E-state index contributed by atoms with van der Waals surface area (Å²) in [5.74, 6) is 1.01. The van der Waals surface area contributed by atoms with Gasteiger partial charge in [-0.2, -0.15) is 0 Å². The molecule has 3 amide bonds. The van der Waals surface area contributed by atoms with Crippen LogP contribution in [0.5, 0.6) is 0 Å². The van der Waals surface area contributed by atoms with Crippen molar-refractivity contribution in [2.24, 2.45) is 4.99 Å². The fourth-order valence-electron chi connectivity index (χ4n) is 4.16. The molecule has 3 aliphatic heterocycles. The zero-order valence-corrected chi connectivity index (χ0v) is 16.3. The molecule has 8 nitrogen and oxygen atoms in total. The molecule has 1 saturated heterocycles. The number of aliphatic hydroxyl groups excluding tert-OH is 1. The summed E-state index contributed by atoms with van der Waals surface area (Å²) in [4.78, 5) is 34.7. The molecule has 1 fully saturated rings. The van der Waals surface area contributed by atoms with Crippen LogP contribution in [0.4, 0.5) is 4.79 Å². The summed E-state index contributed by atoms with van der Waals surface area (Å²) in [6.45, 7) is 2.94. The quantitative estimate of drug-likeness (QED) is 0.733. The molecule has 0 spiro atoms. The lowest BCUT2D eigenvalue weighted by Gasteiger charge is -2.30. The number of aliphatic imine (C=N–C) groups is 1. The lowest BCUT2D eigenvalue weighted by Crippen LogP contribution is -2.61. The lowest BCUT2D eigenvalue weighted by molar-refractivity contribution is -0.537. The second kappa shape index (κ2) is 7.44. The number of carbonyl (C=O) groups excluding carboxylic acids is 2. The van der Waals surface area contributed by atoms with Crippen molar-refractivity contribution in [2.45, 2.75) is 25.4 Å². The first-order valence-electron chi connectivity index (χ1n) is 9.67. The van der Waals surface area contributed by atoms with Crippen LogP contribution in [0.3, 0.4) is 0 Å². The first-order valence-corrected chi connectivity index (χ1v) is 9.67. The standard InChI is InChI=1S/C20H26N5O3/c1-22-18-17(19(27)23(2)20(22)28)25(9-5-11-26)16(21-18)13-24-10-8-14-6-3-4-7-15(14)12-24/h3-4,6-7,17,26H,5,8-13H2,1-2H3/q+1. The molecular formula is C20H26N5O3+. The van der Waals surface area contributed by atoms with Crippen LogP contribution in [-0.2, 0) is 17.8 Å². The Morgan fingerprint density at radius 3 is 2.68 bits per heavy atom. The van der Waals surface area contributed by atoms with Crippen molar-refractivity contribution in [3.05, 3.63) is 35.4 Å². The summed E-state index contributed by atoms with van der Waals surface area (Å²) in [5.41, 5.74) is 2.71. The normalized spacial score (nSPS) is 22.5. The summed E-state index contributed by atoms with van der Waals surface area (Å²) in [7, 11) is 3.16. The van der Waals surface area contributed by atoms with E-state index in [9.17, 15) is 14.7 Å². The summed E-state index contributed by atoms with van der Waals surface area (Å²) in [6.07, 6.45) is 1.53. The monoisotopic (exact) mass is 384 g/mol. The van der Waals surface area contributed by atoms with Gasteiger partial charge in [0.2, 0.25) is 0 Å². The van der Waals surface area contributed by atoms with Gasteiger partial charge in [0.25, 0.3) is 17.8 Å². The molecule has 1 aromatic carbocycles. The highest BCUT2D eigenvalue weighted by molar-refractivity contribution is 6.23. The second-order valence-corrected chi connectivity index (χ2v) is 7.53. The minimum Gasteiger partial charge on any atom is -0.396 e. The number of benzene rings is 1. The number of fused-ring (bicyclic) bond motifs is 2. The van der Waals surface area contributed by atoms with Gasteiger partial charge in [-0.05, 0) is 22.5 Å². The largest absolute Gasteiger partial charge is 0.396 e. The van der Waals surface area contributed by atoms with Gasteiger partial charge in [-0.25, -0.2) is 9.37 Å². The van der Waals surface area contributed by atoms with Crippen molar-refractivity contribution in [2.75, 3.05) is 40.3 Å². The lowest BCUT2D eigenvalue weighted by atomic mass is 10.00. The Balaban J connectivity index is 1.62. The van der Waals surface area contributed by atoms with E-state index in [1.165, 1.54) is 23.1 Å². The fourth-order valence-corrected chi connectivity index (χ4v) is 4.16. The predicted octanol–water partition coefficient (Wildman–Crippen LogP) is 0.143. The van der Waals surface area contributed by atoms with E-state index >= 15 is 0 Å². The van der Waals surface area contributed by atoms with Crippen molar-refractivity contribution in [3.8, 4) is 0 Å². The van der Waals surface area contributed by atoms with E-state index in [-0.39, 0.29) is 18.5 Å². The maximum atomic E-state index is 12.8. The van der Waals surface area contributed by atoms with Crippen LogP contribution in [0.15, 0.2) is 29.3 Å². The molecule has 0 saturated carbocycles. The molecule has 0 bridgehead atoms. The topological polar surface area (TPSA) is 79.5 Å². The minimum atomic E-state index is -0.591. The number of amides is 3. The number of hydrogen-bond donors (Lipinski definition) is 1. The van der Waals surface area contributed by atoms with Crippen LogP contribution >= 0.6 is 0 Å². The average Bonchev–Trinajstić information content (AvgIpc) is 3.07. The van der Waals surface area contributed by atoms with E-state index in [0.717, 1.165) is 30.2 Å². The molecule has 28 heavy (non-hydrogen) atoms. The maximum Gasteiger partial charge on any atom is 0.333 e. The van der Waals surface area contributed by atoms with Crippen molar-refractivity contribution in [3.63, 3.8) is 0 Å². The third kappa shape index (κ3) is 3.12. The van der Waals surface area contributed by atoms with Gasteiger partial charge >= 0.3 is 11.9 Å². The molecule has 3 heterocycles. The van der Waals surface area contributed by atoms with Gasteiger partial charge in [0, 0.05) is 40.2 Å². The van der Waals surface area contributed by atoms with Gasteiger partial charge in [0.05, 0.1) is 6.54 Å². The number of urea groups is 1. The zero-order chi connectivity index (χ0) is 19.8. The summed E-state index contributed by atoms with van der Waals surface area (Å²) < 4.78 is 1.95. The van der Waals surface area contributed by atoms with Crippen LogP contribution < -0.4 is 0 Å². The van der Waals surface area contributed by atoms with Gasteiger partial charge in [-0.1, -0.05) is 24.3 Å². The Kier molecular flexibility index (Phi) is 4.99. The highest BCUT2D eigenvalue weighted by Crippen LogP contribution is 2.22. The van der Waals surface area contributed by atoms with Crippen molar-refractivity contribution >= 4 is 23.6 Å². The Bertz CT molecular complexity index is 878. The number of imide groups is 1. The number of hydrogen-bond acceptors (Lipinski definition) is 5. The fraction of sp³-hybridized carbons (Fsp3) is 0.500. The van der Waals surface area contributed by atoms with E-state index in [0.29, 0.717) is 25.3 Å². The Hall–Kier alpha value is -2.58. The number of aliphatic hydroxyl groups is 1. The van der Waals surface area contributed by atoms with Crippen molar-refractivity contribution in [1.29, 1.82) is 0 Å². The van der Waals surface area contributed by atoms with E-state index in [2.05, 4.69) is 29.2 Å². The first kappa shape index (κ1) is 18.8. The van der Waals surface area contributed by atoms with Crippen molar-refractivity contribution in [1.82, 2.24) is 14.7 Å². The zero-order valence-electron chi connectivity index (χ0n) is 16.3. The number of amidine groups is 2. The molecule has 4 rings (SSSR count). The van der Waals surface area contributed by atoms with Gasteiger partial charge in [-0.15, -0.1) is 0 Å². The van der Waals surface area contributed by atoms with Gasteiger partial charge in [-0.3, -0.25) is 19.5 Å². The second-order valence-electron chi connectivity index (χ2n) is 7.53. The summed E-state index contributed by atoms with van der Waals surface area (Å²) in [6, 6.07) is 7.50. The third-order valence-corrected chi connectivity index (χ3v) is 5.75. The van der Waals surface area contributed by atoms with Crippen LogP contribution in [-0.4, -0.2) is 94.4 Å². The molecule has 1 unspecified atom stereocenters. The number of carbonyl (C=O) groups is 2. The summed E-state index contributed by atoms with van der Waals surface area (Å²) >= 11 is 0. The Labute approximate surface area is 164 Å². The number of nitrogens with zero attached hydrogens (tertiary/aromatic N) is 5. The van der Waals surface area contributed by atoms with Gasteiger partial charge in [0.15, 0.2) is 0 Å². The smallest absolute Gasteiger partial charge is 0.333 e. The Morgan fingerprint density at radius 1 is 1.18 bits per heavy atom. The average molecular weight is 384 g/mol. The maximum absolute atomic E-state index is 12.8. The molecule has 0 aliphatic carbocycles. The Morgan fingerprint density at radius 2 is 1.93 bits per heavy atom. The minimum absolute atomic E-state index is 0.0434. The molecule has 8 heteroatoms. The van der Waals surface area contributed by atoms with Crippen LogP contribution in [0, 0.1) is 0 Å². The molecule has 1 aromatic rings. The van der Waals surface area contributed by atoms with E-state index in [4.69, 9.17) is 4.99 Å².